The molecular formula is C23H27N5O2. The lowest BCUT2D eigenvalue weighted by molar-refractivity contribution is -0.138. The van der Waals surface area contributed by atoms with Crippen LogP contribution in [0.1, 0.15) is 26.3 Å². The first-order chi connectivity index (χ1) is 14.6. The highest BCUT2D eigenvalue weighted by Gasteiger charge is 2.41. The van der Waals surface area contributed by atoms with Crippen LogP contribution in [0.15, 0.2) is 42.1 Å². The van der Waals surface area contributed by atoms with Crippen molar-refractivity contribution in [2.75, 3.05) is 34.8 Å². The molecule has 3 atom stereocenters. The summed E-state index contributed by atoms with van der Waals surface area (Å²) in [6.07, 6.45) is 3.51. The van der Waals surface area contributed by atoms with Crippen molar-refractivity contribution in [3.05, 3.63) is 47.7 Å². The van der Waals surface area contributed by atoms with Gasteiger partial charge in [-0.2, -0.15) is 0 Å². The Morgan fingerprint density at radius 1 is 1.17 bits per heavy atom. The number of esters is 1. The zero-order chi connectivity index (χ0) is 20.8. The topological polar surface area (TPSA) is 69.7 Å². The van der Waals surface area contributed by atoms with Crippen LogP contribution in [0.4, 0.5) is 22.9 Å². The number of nitrogens with zero attached hydrogens (tertiary/aromatic N) is 3. The zero-order valence-electron chi connectivity index (χ0n) is 17.6. The summed E-state index contributed by atoms with van der Waals surface area (Å²) in [6.45, 7) is 8.39. The van der Waals surface area contributed by atoms with Crippen molar-refractivity contribution >= 4 is 34.9 Å². The molecule has 3 aliphatic rings. The Morgan fingerprint density at radius 2 is 1.93 bits per heavy atom. The molecule has 0 saturated carbocycles. The number of para-hydroxylation sites is 2. The molecule has 1 fully saturated rings. The van der Waals surface area contributed by atoms with Gasteiger partial charge in [-0.1, -0.05) is 12.1 Å². The van der Waals surface area contributed by atoms with E-state index in [2.05, 4.69) is 46.4 Å². The molecule has 0 spiro atoms. The fourth-order valence-corrected chi connectivity index (χ4v) is 4.81. The molecule has 0 bridgehead atoms. The highest BCUT2D eigenvalue weighted by molar-refractivity contribution is 6.04. The predicted molar refractivity (Wildman–Crippen MR) is 119 cm³/mol. The third kappa shape index (κ3) is 3.01. The maximum absolute atomic E-state index is 12.9. The molecule has 4 heterocycles. The number of carbonyl (C=O) groups excluding carboxylic acids is 1. The van der Waals surface area contributed by atoms with Crippen molar-refractivity contribution in [1.82, 2.24) is 10.3 Å². The van der Waals surface area contributed by atoms with Gasteiger partial charge in [-0.25, -0.2) is 9.78 Å². The van der Waals surface area contributed by atoms with E-state index in [1.54, 1.807) is 0 Å². The quantitative estimate of drug-likeness (QED) is 0.761. The van der Waals surface area contributed by atoms with E-state index in [0.29, 0.717) is 24.3 Å². The van der Waals surface area contributed by atoms with E-state index in [4.69, 9.17) is 9.72 Å². The zero-order valence-corrected chi connectivity index (χ0v) is 17.6. The molecular weight excluding hydrogens is 378 g/mol. The largest absolute Gasteiger partial charge is 0.463 e. The van der Waals surface area contributed by atoms with Crippen molar-refractivity contribution in [3.63, 3.8) is 0 Å². The van der Waals surface area contributed by atoms with Gasteiger partial charge in [0.2, 0.25) is 0 Å². The number of aromatic nitrogens is 1. The van der Waals surface area contributed by atoms with Crippen LogP contribution in [-0.2, 0) is 9.53 Å². The van der Waals surface area contributed by atoms with Crippen LogP contribution in [0, 0.1) is 0 Å². The molecule has 0 radical (unpaired) electrons. The van der Waals surface area contributed by atoms with Gasteiger partial charge in [0.05, 0.1) is 23.6 Å². The number of pyridine rings is 1. The number of benzene rings is 1. The fourth-order valence-electron chi connectivity index (χ4n) is 4.81. The number of hydrogen-bond donors (Lipinski definition) is 2. The second-order valence-corrected chi connectivity index (χ2v) is 8.20. The van der Waals surface area contributed by atoms with E-state index < -0.39 is 0 Å². The van der Waals surface area contributed by atoms with Crippen LogP contribution < -0.4 is 20.4 Å². The van der Waals surface area contributed by atoms with Gasteiger partial charge in [-0.15, -0.1) is 0 Å². The molecule has 156 valence electrons. The van der Waals surface area contributed by atoms with Crippen molar-refractivity contribution in [2.45, 2.75) is 39.0 Å². The molecule has 1 saturated heterocycles. The Labute approximate surface area is 176 Å². The summed E-state index contributed by atoms with van der Waals surface area (Å²) in [7, 11) is 0. The number of piperazine rings is 1. The first kappa shape index (κ1) is 18.9. The molecule has 1 aromatic carbocycles. The monoisotopic (exact) mass is 405 g/mol. The minimum Gasteiger partial charge on any atom is -0.463 e. The summed E-state index contributed by atoms with van der Waals surface area (Å²) >= 11 is 0. The van der Waals surface area contributed by atoms with Gasteiger partial charge in [-0.05, 0) is 45.0 Å². The Balaban J connectivity index is 1.66. The summed E-state index contributed by atoms with van der Waals surface area (Å²) in [5.74, 6) is 0.567. The molecule has 1 unspecified atom stereocenters. The molecule has 2 N–H and O–H groups in total. The lowest BCUT2D eigenvalue weighted by Crippen LogP contribution is -2.54. The number of hydrogen-bond acceptors (Lipinski definition) is 7. The molecule has 7 heteroatoms. The molecule has 0 aliphatic carbocycles. The van der Waals surface area contributed by atoms with Gasteiger partial charge >= 0.3 is 5.97 Å². The van der Waals surface area contributed by atoms with E-state index in [-0.39, 0.29) is 12.1 Å². The summed E-state index contributed by atoms with van der Waals surface area (Å²) in [6, 6.07) is 10.9. The van der Waals surface area contributed by atoms with Crippen molar-refractivity contribution in [1.29, 1.82) is 0 Å². The molecule has 30 heavy (non-hydrogen) atoms. The van der Waals surface area contributed by atoms with Crippen LogP contribution in [0.25, 0.3) is 6.08 Å². The van der Waals surface area contributed by atoms with Crippen LogP contribution in [0.5, 0.6) is 0 Å². The van der Waals surface area contributed by atoms with Crippen LogP contribution >= 0.6 is 0 Å². The summed E-state index contributed by atoms with van der Waals surface area (Å²) in [5, 5.41) is 7.06. The standard InChI is InChI=1S/C23H27N5O2/c1-4-30-23(29)17-11-16-19(27-12-14(2)25-15(3)13-27)9-10-24-21(16)28-20-8-6-5-7-18(20)26-22(17)28/h5-11,14-15,22,25-26H,4,12-13H2,1-3H3/t14-,15+,22?. The van der Waals surface area contributed by atoms with Crippen molar-refractivity contribution in [2.24, 2.45) is 0 Å². The number of rotatable bonds is 3. The minimum atomic E-state index is -0.322. The van der Waals surface area contributed by atoms with Gasteiger partial charge in [0.1, 0.15) is 12.0 Å². The van der Waals surface area contributed by atoms with Gasteiger partial charge in [0.25, 0.3) is 0 Å². The highest BCUT2D eigenvalue weighted by Crippen LogP contribution is 2.47. The van der Waals surface area contributed by atoms with E-state index in [1.807, 2.05) is 37.4 Å². The normalized spacial score (nSPS) is 24.4. The molecule has 2 aromatic rings. The first-order valence-electron chi connectivity index (χ1n) is 10.6. The number of fused-ring (bicyclic) bond motifs is 5. The third-order valence-corrected chi connectivity index (χ3v) is 5.89. The summed E-state index contributed by atoms with van der Waals surface area (Å²) in [5.41, 5.74) is 4.68. The van der Waals surface area contributed by atoms with Crippen LogP contribution in [0.3, 0.4) is 0 Å². The smallest absolute Gasteiger partial charge is 0.338 e. The van der Waals surface area contributed by atoms with Gasteiger partial charge < -0.3 is 20.3 Å². The Morgan fingerprint density at radius 3 is 2.70 bits per heavy atom. The van der Waals surface area contributed by atoms with E-state index in [1.165, 1.54) is 0 Å². The highest BCUT2D eigenvalue weighted by atomic mass is 16.5. The molecule has 5 rings (SSSR count). The minimum absolute atomic E-state index is 0.296. The lowest BCUT2D eigenvalue weighted by Gasteiger charge is -2.40. The van der Waals surface area contributed by atoms with Gasteiger partial charge in [-0.3, -0.25) is 4.90 Å². The average molecular weight is 406 g/mol. The number of carbonyl (C=O) groups is 1. The average Bonchev–Trinajstić information content (AvgIpc) is 3.12. The van der Waals surface area contributed by atoms with Crippen molar-refractivity contribution < 1.29 is 9.53 Å². The predicted octanol–water partition coefficient (Wildman–Crippen LogP) is 3.12. The summed E-state index contributed by atoms with van der Waals surface area (Å²) in [4.78, 5) is 22.1. The van der Waals surface area contributed by atoms with E-state index in [9.17, 15) is 4.79 Å². The Hall–Kier alpha value is -3.06. The Bertz CT molecular complexity index is 1010. The number of nitrogens with one attached hydrogen (secondary N) is 2. The molecule has 3 aliphatic heterocycles. The third-order valence-electron chi connectivity index (χ3n) is 5.89. The SMILES string of the molecule is CCOC(=O)C1=Cc2c(N3C[C@@H](C)N[C@@H](C)C3)ccnc2N2c3ccccc3NC12. The maximum atomic E-state index is 12.9. The van der Waals surface area contributed by atoms with Crippen LogP contribution in [-0.4, -0.2) is 48.9 Å². The van der Waals surface area contributed by atoms with E-state index in [0.717, 1.165) is 41.5 Å². The molecule has 0 amide bonds. The maximum Gasteiger partial charge on any atom is 0.338 e. The van der Waals surface area contributed by atoms with Gasteiger partial charge in [0.15, 0.2) is 0 Å². The Kier molecular flexibility index (Phi) is 4.62. The molecule has 7 nitrogen and oxygen atoms in total. The van der Waals surface area contributed by atoms with E-state index >= 15 is 0 Å². The fraction of sp³-hybridized carbons (Fsp3) is 0.391. The van der Waals surface area contributed by atoms with Crippen molar-refractivity contribution in [3.8, 4) is 0 Å². The number of anilines is 4. The lowest BCUT2D eigenvalue weighted by atomic mass is 10.00. The second kappa shape index (κ2) is 7.32. The summed E-state index contributed by atoms with van der Waals surface area (Å²) < 4.78 is 5.40. The first-order valence-corrected chi connectivity index (χ1v) is 10.6. The number of ether oxygens (including phenoxy) is 1. The molecule has 1 aromatic heterocycles. The van der Waals surface area contributed by atoms with Gasteiger partial charge in [0, 0.05) is 42.6 Å². The second-order valence-electron chi connectivity index (χ2n) is 8.20. The van der Waals surface area contributed by atoms with Crippen LogP contribution in [0.2, 0.25) is 0 Å².